The predicted octanol–water partition coefficient (Wildman–Crippen LogP) is 2.87. The van der Waals surface area contributed by atoms with E-state index in [-0.39, 0.29) is 5.92 Å². The summed E-state index contributed by atoms with van der Waals surface area (Å²) in [7, 11) is 4.80. The van der Waals surface area contributed by atoms with E-state index in [1.807, 2.05) is 31.2 Å². The van der Waals surface area contributed by atoms with E-state index in [1.54, 1.807) is 21.3 Å². The quantitative estimate of drug-likeness (QED) is 0.774. The van der Waals surface area contributed by atoms with Crippen LogP contribution in [-0.4, -0.2) is 27.6 Å². The molecule has 0 bridgehead atoms. The smallest absolute Gasteiger partial charge is 0.146 e. The second-order valence-corrected chi connectivity index (χ2v) is 4.54. The fraction of sp³-hybridized carbons (Fsp3) is 0.312. The second-order valence-electron chi connectivity index (χ2n) is 4.54. The standard InChI is InChI=1S/C16H18O4/c1-10-11(9-17)5-6-13(10)16-14(19-3)7-12(18-2)8-15(16)20-4/h5-10H,1-4H3/t10-/m0/s1. The van der Waals surface area contributed by atoms with Crippen LogP contribution in [0.1, 0.15) is 12.5 Å². The number of carbonyl (C=O) groups is 1. The minimum Gasteiger partial charge on any atom is -0.496 e. The summed E-state index contributed by atoms with van der Waals surface area (Å²) < 4.78 is 16.1. The van der Waals surface area contributed by atoms with Gasteiger partial charge in [-0.3, -0.25) is 4.79 Å². The molecule has 1 aliphatic carbocycles. The molecule has 1 aromatic carbocycles. The van der Waals surface area contributed by atoms with Crippen LogP contribution in [0.15, 0.2) is 29.9 Å². The fourth-order valence-electron chi connectivity index (χ4n) is 2.39. The number of benzene rings is 1. The first-order valence-corrected chi connectivity index (χ1v) is 6.33. The Balaban J connectivity index is 2.54. The Morgan fingerprint density at radius 2 is 1.60 bits per heavy atom. The topological polar surface area (TPSA) is 44.8 Å². The molecular weight excluding hydrogens is 256 g/mol. The predicted molar refractivity (Wildman–Crippen MR) is 77.4 cm³/mol. The molecule has 0 aromatic heterocycles. The van der Waals surface area contributed by atoms with Crippen molar-refractivity contribution in [2.75, 3.05) is 21.3 Å². The van der Waals surface area contributed by atoms with E-state index in [0.29, 0.717) is 17.2 Å². The summed E-state index contributed by atoms with van der Waals surface area (Å²) in [4.78, 5) is 11.0. The number of ether oxygens (including phenoxy) is 3. The summed E-state index contributed by atoms with van der Waals surface area (Å²) in [6, 6.07) is 3.62. The minimum atomic E-state index is 0.0173. The minimum absolute atomic E-state index is 0.0173. The zero-order chi connectivity index (χ0) is 14.7. The van der Waals surface area contributed by atoms with Crippen molar-refractivity contribution in [1.29, 1.82) is 0 Å². The Hall–Kier alpha value is -2.23. The normalized spacial score (nSPS) is 17.3. The average molecular weight is 274 g/mol. The molecule has 1 aromatic rings. The third-order valence-electron chi connectivity index (χ3n) is 3.56. The molecule has 4 heteroatoms. The summed E-state index contributed by atoms with van der Waals surface area (Å²) in [6.07, 6.45) is 4.65. The number of hydrogen-bond donors (Lipinski definition) is 0. The number of methoxy groups -OCH3 is 3. The Kier molecular flexibility index (Phi) is 4.13. The van der Waals surface area contributed by atoms with Crippen LogP contribution >= 0.6 is 0 Å². The van der Waals surface area contributed by atoms with Crippen molar-refractivity contribution in [2.45, 2.75) is 6.92 Å². The van der Waals surface area contributed by atoms with Crippen molar-refractivity contribution in [3.63, 3.8) is 0 Å². The molecule has 0 amide bonds. The number of hydrogen-bond acceptors (Lipinski definition) is 4. The van der Waals surface area contributed by atoms with E-state index in [2.05, 4.69) is 0 Å². The Morgan fingerprint density at radius 1 is 1.00 bits per heavy atom. The molecule has 106 valence electrons. The maximum atomic E-state index is 11.0. The van der Waals surface area contributed by atoms with Gasteiger partial charge < -0.3 is 14.2 Å². The van der Waals surface area contributed by atoms with E-state index >= 15 is 0 Å². The maximum Gasteiger partial charge on any atom is 0.146 e. The lowest BCUT2D eigenvalue weighted by Gasteiger charge is -2.19. The third-order valence-corrected chi connectivity index (χ3v) is 3.56. The fourth-order valence-corrected chi connectivity index (χ4v) is 2.39. The van der Waals surface area contributed by atoms with Crippen molar-refractivity contribution >= 4 is 11.9 Å². The molecule has 4 nitrogen and oxygen atoms in total. The van der Waals surface area contributed by atoms with Crippen molar-refractivity contribution in [3.8, 4) is 17.2 Å². The van der Waals surface area contributed by atoms with Crippen molar-refractivity contribution in [1.82, 2.24) is 0 Å². The SMILES string of the molecule is COc1cc(OC)c(C2=CC=C(C=O)[C@@H]2C)c(OC)c1. The Labute approximate surface area is 118 Å². The molecule has 2 rings (SSSR count). The van der Waals surface area contributed by atoms with Gasteiger partial charge in [-0.05, 0) is 11.1 Å². The van der Waals surface area contributed by atoms with Crippen LogP contribution in [-0.2, 0) is 4.79 Å². The van der Waals surface area contributed by atoms with Gasteiger partial charge in [0.1, 0.15) is 23.5 Å². The Morgan fingerprint density at radius 3 is 2.00 bits per heavy atom. The second kappa shape index (κ2) is 5.82. The Bertz CT molecular complexity index is 559. The van der Waals surface area contributed by atoms with Crippen molar-refractivity contribution in [3.05, 3.63) is 35.4 Å². The largest absolute Gasteiger partial charge is 0.496 e. The summed E-state index contributed by atoms with van der Waals surface area (Å²) >= 11 is 0. The molecule has 0 saturated carbocycles. The van der Waals surface area contributed by atoms with E-state index in [1.165, 1.54) is 0 Å². The summed E-state index contributed by atoms with van der Waals surface area (Å²) in [5.74, 6) is 2.01. The lowest BCUT2D eigenvalue weighted by Crippen LogP contribution is -2.04. The number of allylic oxidation sites excluding steroid dienone is 4. The molecule has 0 N–H and O–H groups in total. The summed E-state index contributed by atoms with van der Waals surface area (Å²) in [5.41, 5.74) is 2.61. The van der Waals surface area contributed by atoms with E-state index < -0.39 is 0 Å². The van der Waals surface area contributed by atoms with E-state index in [4.69, 9.17) is 14.2 Å². The first kappa shape index (κ1) is 14.2. The molecule has 0 saturated heterocycles. The maximum absolute atomic E-state index is 11.0. The van der Waals surface area contributed by atoms with Crippen LogP contribution in [0.25, 0.3) is 5.57 Å². The van der Waals surface area contributed by atoms with Crippen LogP contribution in [0, 0.1) is 5.92 Å². The van der Waals surface area contributed by atoms with Gasteiger partial charge in [-0.15, -0.1) is 0 Å². The molecule has 1 atom stereocenters. The summed E-state index contributed by atoms with van der Waals surface area (Å²) in [5, 5.41) is 0. The number of carbonyl (C=O) groups excluding carboxylic acids is 1. The molecule has 0 radical (unpaired) electrons. The van der Waals surface area contributed by atoms with Crippen LogP contribution in [0.5, 0.6) is 17.2 Å². The zero-order valence-electron chi connectivity index (χ0n) is 12.1. The highest BCUT2D eigenvalue weighted by Gasteiger charge is 2.25. The molecule has 0 aliphatic heterocycles. The monoisotopic (exact) mass is 274 g/mol. The highest BCUT2D eigenvalue weighted by Crippen LogP contribution is 2.44. The van der Waals surface area contributed by atoms with Crippen molar-refractivity contribution < 1.29 is 19.0 Å². The van der Waals surface area contributed by atoms with Gasteiger partial charge >= 0.3 is 0 Å². The molecule has 20 heavy (non-hydrogen) atoms. The van der Waals surface area contributed by atoms with Crippen LogP contribution in [0.4, 0.5) is 0 Å². The number of rotatable bonds is 5. The van der Waals surface area contributed by atoms with Gasteiger partial charge in [-0.1, -0.05) is 19.1 Å². The van der Waals surface area contributed by atoms with E-state index in [9.17, 15) is 4.79 Å². The highest BCUT2D eigenvalue weighted by atomic mass is 16.5. The van der Waals surface area contributed by atoms with E-state index in [0.717, 1.165) is 23.0 Å². The molecular formula is C16H18O4. The average Bonchev–Trinajstić information content (AvgIpc) is 2.86. The number of aldehydes is 1. The molecule has 0 unspecified atom stereocenters. The molecule has 0 fully saturated rings. The van der Waals surface area contributed by atoms with Gasteiger partial charge in [0, 0.05) is 18.1 Å². The van der Waals surface area contributed by atoms with Gasteiger partial charge in [0.2, 0.25) is 0 Å². The molecule has 0 heterocycles. The van der Waals surface area contributed by atoms with Crippen LogP contribution in [0.3, 0.4) is 0 Å². The van der Waals surface area contributed by atoms with Crippen LogP contribution < -0.4 is 14.2 Å². The lowest BCUT2D eigenvalue weighted by molar-refractivity contribution is -0.105. The van der Waals surface area contributed by atoms with Gasteiger partial charge in [0.05, 0.1) is 26.9 Å². The van der Waals surface area contributed by atoms with Gasteiger partial charge in [-0.25, -0.2) is 0 Å². The molecule has 1 aliphatic rings. The van der Waals surface area contributed by atoms with Gasteiger partial charge in [0.25, 0.3) is 0 Å². The van der Waals surface area contributed by atoms with Gasteiger partial charge in [0.15, 0.2) is 0 Å². The first-order valence-electron chi connectivity index (χ1n) is 6.33. The highest BCUT2D eigenvalue weighted by molar-refractivity contribution is 5.90. The zero-order valence-corrected chi connectivity index (χ0v) is 12.1. The summed E-state index contributed by atoms with van der Waals surface area (Å²) in [6.45, 7) is 1.99. The van der Waals surface area contributed by atoms with Gasteiger partial charge in [-0.2, -0.15) is 0 Å². The lowest BCUT2D eigenvalue weighted by atomic mass is 9.91. The first-order chi connectivity index (χ1) is 9.65. The van der Waals surface area contributed by atoms with Crippen molar-refractivity contribution in [2.24, 2.45) is 5.92 Å². The third kappa shape index (κ3) is 2.29. The van der Waals surface area contributed by atoms with Crippen LogP contribution in [0.2, 0.25) is 0 Å². The molecule has 0 spiro atoms.